The molecule has 0 amide bonds. The van der Waals surface area contributed by atoms with E-state index in [1.54, 1.807) is 0 Å². The highest BCUT2D eigenvalue weighted by Gasteiger charge is 2.13. The molecule has 0 saturated heterocycles. The lowest BCUT2D eigenvalue weighted by Crippen LogP contribution is -2.25. The van der Waals surface area contributed by atoms with E-state index in [2.05, 4.69) is 41.3 Å². The van der Waals surface area contributed by atoms with E-state index in [0.29, 0.717) is 0 Å². The van der Waals surface area contributed by atoms with Crippen molar-refractivity contribution in [2.45, 2.75) is 19.4 Å². The molecule has 0 spiro atoms. The molecule has 0 bridgehead atoms. The van der Waals surface area contributed by atoms with E-state index in [1.165, 1.54) is 16.7 Å². The van der Waals surface area contributed by atoms with Gasteiger partial charge < -0.3 is 0 Å². The Morgan fingerprint density at radius 3 is 2.30 bits per heavy atom. The first-order valence-electron chi connectivity index (χ1n) is 7.13. The van der Waals surface area contributed by atoms with E-state index < -0.39 is 0 Å². The average molecular weight is 262 g/mol. The van der Waals surface area contributed by atoms with Crippen molar-refractivity contribution in [2.24, 2.45) is 0 Å². The summed E-state index contributed by atoms with van der Waals surface area (Å²) in [5.41, 5.74) is 4.96. The van der Waals surface area contributed by atoms with Crippen molar-refractivity contribution in [2.75, 3.05) is 13.1 Å². The monoisotopic (exact) mass is 262 g/mol. The van der Waals surface area contributed by atoms with Gasteiger partial charge in [0.1, 0.15) is 0 Å². The second-order valence-electron chi connectivity index (χ2n) is 5.36. The van der Waals surface area contributed by atoms with Crippen LogP contribution in [0.1, 0.15) is 22.3 Å². The van der Waals surface area contributed by atoms with E-state index in [-0.39, 0.29) is 0 Å². The zero-order valence-electron chi connectivity index (χ0n) is 11.5. The zero-order valence-corrected chi connectivity index (χ0v) is 11.5. The normalized spacial score (nSPS) is 15.2. The molecule has 2 heteroatoms. The lowest BCUT2D eigenvalue weighted by molar-refractivity contribution is 0.279. The third-order valence-electron chi connectivity index (χ3n) is 3.98. The Kier molecular flexibility index (Phi) is 3.80. The van der Waals surface area contributed by atoms with Crippen LogP contribution in [0.15, 0.2) is 48.5 Å². The number of fused-ring (bicyclic) bond motifs is 1. The van der Waals surface area contributed by atoms with Crippen LogP contribution >= 0.6 is 0 Å². The van der Waals surface area contributed by atoms with Crippen LogP contribution in [0.2, 0.25) is 0 Å². The molecule has 2 nitrogen and oxygen atoms in total. The summed E-state index contributed by atoms with van der Waals surface area (Å²) in [4.78, 5) is 2.48. The number of nitriles is 1. The summed E-state index contributed by atoms with van der Waals surface area (Å²) in [6.07, 6.45) is 2.24. The van der Waals surface area contributed by atoms with Gasteiger partial charge in [0.05, 0.1) is 11.6 Å². The molecular formula is C18H18N2. The van der Waals surface area contributed by atoms with Crippen molar-refractivity contribution in [3.05, 3.63) is 70.8 Å². The number of hydrogen-bond donors (Lipinski definition) is 0. The average Bonchev–Trinajstić information content (AvgIpc) is 2.70. The van der Waals surface area contributed by atoms with Crippen LogP contribution in [0.4, 0.5) is 0 Å². The van der Waals surface area contributed by atoms with Gasteiger partial charge in [-0.15, -0.1) is 0 Å². The predicted octanol–water partition coefficient (Wildman–Crippen LogP) is 3.16. The van der Waals surface area contributed by atoms with Gasteiger partial charge in [0, 0.05) is 19.6 Å². The highest BCUT2D eigenvalue weighted by atomic mass is 15.1. The molecule has 0 aromatic heterocycles. The Morgan fingerprint density at radius 2 is 1.65 bits per heavy atom. The molecule has 3 rings (SSSR count). The van der Waals surface area contributed by atoms with E-state index >= 15 is 0 Å². The molecule has 0 saturated carbocycles. The van der Waals surface area contributed by atoms with Gasteiger partial charge in [-0.1, -0.05) is 36.4 Å². The van der Waals surface area contributed by atoms with Gasteiger partial charge in [-0.2, -0.15) is 5.26 Å². The molecule has 1 aliphatic heterocycles. The molecular weight excluding hydrogens is 244 g/mol. The molecule has 0 fully saturated rings. The fraction of sp³-hybridized carbons (Fsp3) is 0.278. The molecule has 0 unspecified atom stereocenters. The third kappa shape index (κ3) is 2.89. The number of hydrogen-bond acceptors (Lipinski definition) is 2. The van der Waals surface area contributed by atoms with Gasteiger partial charge in [0.15, 0.2) is 0 Å². The maximum absolute atomic E-state index is 8.97. The van der Waals surface area contributed by atoms with Gasteiger partial charge in [-0.3, -0.25) is 4.90 Å². The van der Waals surface area contributed by atoms with E-state index in [1.807, 2.05) is 18.2 Å². The summed E-state index contributed by atoms with van der Waals surface area (Å²) >= 11 is 0. The Bertz CT molecular complexity index is 613. The molecule has 0 N–H and O–H groups in total. The van der Waals surface area contributed by atoms with E-state index in [9.17, 15) is 0 Å². The number of nitrogens with zero attached hydrogens (tertiary/aromatic N) is 2. The van der Waals surface area contributed by atoms with Crippen molar-refractivity contribution in [1.29, 1.82) is 5.26 Å². The standard InChI is InChI=1S/C18H18N2/c19-13-15-4-3-5-16(12-15)14-20-10-8-17-6-1-2-7-18(17)9-11-20/h1-7,12H,8-11,14H2. The summed E-state index contributed by atoms with van der Waals surface area (Å²) in [5, 5.41) is 8.97. The van der Waals surface area contributed by atoms with Crippen molar-refractivity contribution >= 4 is 0 Å². The van der Waals surface area contributed by atoms with Crippen LogP contribution in [-0.2, 0) is 19.4 Å². The van der Waals surface area contributed by atoms with Gasteiger partial charge in [-0.25, -0.2) is 0 Å². The van der Waals surface area contributed by atoms with Crippen molar-refractivity contribution in [3.63, 3.8) is 0 Å². The molecule has 1 aliphatic rings. The topological polar surface area (TPSA) is 27.0 Å². The summed E-state index contributed by atoms with van der Waals surface area (Å²) in [5.74, 6) is 0. The van der Waals surface area contributed by atoms with Crippen LogP contribution in [-0.4, -0.2) is 18.0 Å². The predicted molar refractivity (Wildman–Crippen MR) is 80.3 cm³/mol. The lowest BCUT2D eigenvalue weighted by atomic mass is 10.0. The number of benzene rings is 2. The van der Waals surface area contributed by atoms with Crippen LogP contribution < -0.4 is 0 Å². The fourth-order valence-corrected chi connectivity index (χ4v) is 2.87. The Labute approximate surface area is 120 Å². The SMILES string of the molecule is N#Cc1cccc(CN2CCc3ccccc3CC2)c1. The lowest BCUT2D eigenvalue weighted by Gasteiger charge is -2.19. The van der Waals surface area contributed by atoms with Crippen molar-refractivity contribution in [3.8, 4) is 6.07 Å². The van der Waals surface area contributed by atoms with E-state index in [4.69, 9.17) is 5.26 Å². The fourth-order valence-electron chi connectivity index (χ4n) is 2.87. The number of rotatable bonds is 2. The van der Waals surface area contributed by atoms with Crippen LogP contribution in [0, 0.1) is 11.3 Å². The van der Waals surface area contributed by atoms with Crippen LogP contribution in [0.3, 0.4) is 0 Å². The smallest absolute Gasteiger partial charge is 0.0991 e. The van der Waals surface area contributed by atoms with Crippen molar-refractivity contribution < 1.29 is 0 Å². The summed E-state index contributed by atoms with van der Waals surface area (Å²) in [6, 6.07) is 18.9. The van der Waals surface area contributed by atoms with E-state index in [0.717, 1.165) is 38.0 Å². The Balaban J connectivity index is 1.70. The molecule has 2 aromatic carbocycles. The highest BCUT2D eigenvalue weighted by molar-refractivity contribution is 5.33. The van der Waals surface area contributed by atoms with Crippen LogP contribution in [0.5, 0.6) is 0 Å². The maximum atomic E-state index is 8.97. The Hall–Kier alpha value is -2.11. The second kappa shape index (κ2) is 5.90. The molecule has 0 aliphatic carbocycles. The summed E-state index contributed by atoms with van der Waals surface area (Å²) in [7, 11) is 0. The summed E-state index contributed by atoms with van der Waals surface area (Å²) in [6.45, 7) is 3.12. The molecule has 0 atom stereocenters. The zero-order chi connectivity index (χ0) is 13.8. The van der Waals surface area contributed by atoms with Gasteiger partial charge in [0.2, 0.25) is 0 Å². The van der Waals surface area contributed by atoms with Crippen LogP contribution in [0.25, 0.3) is 0 Å². The molecule has 0 radical (unpaired) electrons. The first-order valence-corrected chi connectivity index (χ1v) is 7.13. The quantitative estimate of drug-likeness (QED) is 0.831. The van der Waals surface area contributed by atoms with Gasteiger partial charge in [0.25, 0.3) is 0 Å². The molecule has 20 heavy (non-hydrogen) atoms. The minimum atomic E-state index is 0.751. The minimum Gasteiger partial charge on any atom is -0.298 e. The molecule has 2 aromatic rings. The minimum absolute atomic E-state index is 0.751. The molecule has 1 heterocycles. The second-order valence-corrected chi connectivity index (χ2v) is 5.36. The molecule has 100 valence electrons. The Morgan fingerprint density at radius 1 is 0.950 bits per heavy atom. The highest BCUT2D eigenvalue weighted by Crippen LogP contribution is 2.17. The van der Waals surface area contributed by atoms with Gasteiger partial charge >= 0.3 is 0 Å². The summed E-state index contributed by atoms with van der Waals surface area (Å²) < 4.78 is 0. The van der Waals surface area contributed by atoms with Crippen molar-refractivity contribution in [1.82, 2.24) is 4.90 Å². The third-order valence-corrected chi connectivity index (χ3v) is 3.98. The maximum Gasteiger partial charge on any atom is 0.0991 e. The first kappa shape index (κ1) is 12.9. The van der Waals surface area contributed by atoms with Gasteiger partial charge in [-0.05, 0) is 41.7 Å². The largest absolute Gasteiger partial charge is 0.298 e. The first-order chi connectivity index (χ1) is 9.85.